The van der Waals surface area contributed by atoms with Crippen LogP contribution in [-0.2, 0) is 4.84 Å². The molecule has 1 heterocycles. The minimum absolute atomic E-state index is 0.157. The maximum absolute atomic E-state index is 12.9. The van der Waals surface area contributed by atoms with Crippen molar-refractivity contribution in [1.29, 1.82) is 0 Å². The maximum Gasteiger partial charge on any atom is 0.295 e. The van der Waals surface area contributed by atoms with E-state index in [0.29, 0.717) is 23.2 Å². The van der Waals surface area contributed by atoms with Crippen molar-refractivity contribution in [3.63, 3.8) is 0 Å². The third-order valence-electron chi connectivity index (χ3n) is 4.82. The number of hydroxylamine groups is 1. The van der Waals surface area contributed by atoms with Crippen LogP contribution < -0.4 is 10.8 Å². The molecule has 0 unspecified atom stereocenters. The van der Waals surface area contributed by atoms with Crippen LogP contribution in [0.1, 0.15) is 23.2 Å². The molecule has 8 nitrogen and oxygen atoms in total. The standard InChI is InChI=1S/C21H18ClIN4O4/c22-16-9-14(23)5-6-17(16)24-18-11-20(27(29)30)19(26-7-1-2-8-26)10-15(18)21(28)25-31-12-13-3-4-13/h1-2,5-11,13,24H,3-4,12H2,(H,25,28). The van der Waals surface area contributed by atoms with E-state index < -0.39 is 10.8 Å². The van der Waals surface area contributed by atoms with Gasteiger partial charge in [0.1, 0.15) is 5.69 Å². The van der Waals surface area contributed by atoms with Crippen LogP contribution in [0.5, 0.6) is 0 Å². The van der Waals surface area contributed by atoms with Crippen LogP contribution in [0.3, 0.4) is 0 Å². The lowest BCUT2D eigenvalue weighted by Gasteiger charge is -2.16. The molecule has 2 aromatic carbocycles. The Balaban J connectivity index is 1.75. The molecule has 1 aromatic heterocycles. The Morgan fingerprint density at radius 3 is 2.61 bits per heavy atom. The van der Waals surface area contributed by atoms with Crippen molar-refractivity contribution in [1.82, 2.24) is 10.0 Å². The molecular formula is C21H18ClIN4O4. The number of carbonyl (C=O) groups is 1. The first-order chi connectivity index (χ1) is 14.9. The summed E-state index contributed by atoms with van der Waals surface area (Å²) in [6.45, 7) is 0.439. The van der Waals surface area contributed by atoms with Gasteiger partial charge in [-0.05, 0) is 77.7 Å². The van der Waals surface area contributed by atoms with Gasteiger partial charge >= 0.3 is 0 Å². The smallest absolute Gasteiger partial charge is 0.295 e. The Morgan fingerprint density at radius 1 is 1.23 bits per heavy atom. The summed E-state index contributed by atoms with van der Waals surface area (Å²) in [5.41, 5.74) is 3.53. The van der Waals surface area contributed by atoms with Crippen LogP contribution in [0, 0.1) is 19.6 Å². The summed E-state index contributed by atoms with van der Waals surface area (Å²) in [4.78, 5) is 29.5. The van der Waals surface area contributed by atoms with Crippen molar-refractivity contribution in [2.24, 2.45) is 5.92 Å². The molecule has 1 aliphatic rings. The molecular weight excluding hydrogens is 535 g/mol. The van der Waals surface area contributed by atoms with E-state index in [1.807, 2.05) is 6.07 Å². The number of carbonyl (C=O) groups excluding carboxylic acids is 1. The van der Waals surface area contributed by atoms with Crippen molar-refractivity contribution in [3.8, 4) is 5.69 Å². The zero-order valence-corrected chi connectivity index (χ0v) is 19.1. The number of nitro benzene ring substituents is 1. The number of hydrogen-bond donors (Lipinski definition) is 2. The van der Waals surface area contributed by atoms with E-state index in [1.165, 1.54) is 12.1 Å². The molecule has 31 heavy (non-hydrogen) atoms. The van der Waals surface area contributed by atoms with Crippen LogP contribution >= 0.6 is 34.2 Å². The lowest BCUT2D eigenvalue weighted by Crippen LogP contribution is -2.26. The second kappa shape index (κ2) is 9.25. The predicted molar refractivity (Wildman–Crippen MR) is 126 cm³/mol. The molecule has 1 fully saturated rings. The Hall–Kier alpha value is -2.63. The Morgan fingerprint density at radius 2 is 1.97 bits per heavy atom. The molecule has 1 amide bonds. The number of anilines is 2. The van der Waals surface area contributed by atoms with E-state index in [9.17, 15) is 14.9 Å². The summed E-state index contributed by atoms with van der Waals surface area (Å²) in [7, 11) is 0. The van der Waals surface area contributed by atoms with Gasteiger partial charge < -0.3 is 9.88 Å². The fraction of sp³-hybridized carbons (Fsp3) is 0.190. The van der Waals surface area contributed by atoms with E-state index in [2.05, 4.69) is 33.4 Å². The summed E-state index contributed by atoms with van der Waals surface area (Å²) >= 11 is 8.46. The number of rotatable bonds is 8. The Bertz CT molecular complexity index is 1130. The van der Waals surface area contributed by atoms with Gasteiger partial charge in [0, 0.05) is 22.0 Å². The molecule has 0 bridgehead atoms. The fourth-order valence-electron chi connectivity index (χ4n) is 3.02. The second-order valence-electron chi connectivity index (χ2n) is 7.17. The molecule has 2 N–H and O–H groups in total. The number of nitro groups is 1. The topological polar surface area (TPSA) is 98.4 Å². The first-order valence-electron chi connectivity index (χ1n) is 9.52. The first-order valence-corrected chi connectivity index (χ1v) is 11.0. The lowest BCUT2D eigenvalue weighted by molar-refractivity contribution is -0.384. The van der Waals surface area contributed by atoms with Crippen molar-refractivity contribution >= 4 is 57.2 Å². The normalized spacial score (nSPS) is 13.1. The largest absolute Gasteiger partial charge is 0.353 e. The van der Waals surface area contributed by atoms with Gasteiger partial charge in [-0.3, -0.25) is 19.7 Å². The van der Waals surface area contributed by atoms with Crippen LogP contribution in [0.2, 0.25) is 5.02 Å². The summed E-state index contributed by atoms with van der Waals surface area (Å²) in [6.07, 6.45) is 5.53. The molecule has 1 aliphatic carbocycles. The molecule has 0 radical (unpaired) electrons. The molecule has 0 saturated heterocycles. The van der Waals surface area contributed by atoms with Gasteiger partial charge in [-0.1, -0.05) is 11.6 Å². The Kier molecular flexibility index (Phi) is 6.44. The van der Waals surface area contributed by atoms with Crippen LogP contribution in [0.15, 0.2) is 54.9 Å². The van der Waals surface area contributed by atoms with E-state index in [-0.39, 0.29) is 22.6 Å². The number of hydrogen-bond acceptors (Lipinski definition) is 5. The van der Waals surface area contributed by atoms with Crippen molar-refractivity contribution in [3.05, 3.63) is 79.1 Å². The van der Waals surface area contributed by atoms with Crippen LogP contribution in [0.4, 0.5) is 17.1 Å². The molecule has 10 heteroatoms. The molecule has 160 valence electrons. The molecule has 3 aromatic rings. The van der Waals surface area contributed by atoms with Gasteiger partial charge in [-0.15, -0.1) is 0 Å². The highest BCUT2D eigenvalue weighted by molar-refractivity contribution is 14.1. The monoisotopic (exact) mass is 552 g/mol. The second-order valence-corrected chi connectivity index (χ2v) is 8.82. The third kappa shape index (κ3) is 5.17. The Labute approximate surface area is 196 Å². The van der Waals surface area contributed by atoms with Crippen molar-refractivity contribution in [2.75, 3.05) is 11.9 Å². The minimum Gasteiger partial charge on any atom is -0.353 e. The van der Waals surface area contributed by atoms with E-state index >= 15 is 0 Å². The fourth-order valence-corrected chi connectivity index (χ4v) is 3.92. The quantitative estimate of drug-likeness (QED) is 0.220. The van der Waals surface area contributed by atoms with Gasteiger partial charge in [-0.2, -0.15) is 0 Å². The number of aromatic nitrogens is 1. The average molecular weight is 553 g/mol. The van der Waals surface area contributed by atoms with Gasteiger partial charge in [-0.25, -0.2) is 5.48 Å². The average Bonchev–Trinajstić information content (AvgIpc) is 3.39. The van der Waals surface area contributed by atoms with E-state index in [4.69, 9.17) is 16.4 Å². The number of nitrogens with zero attached hydrogens (tertiary/aromatic N) is 2. The SMILES string of the molecule is O=C(NOCC1CC1)c1cc(-n2cccc2)c([N+](=O)[O-])cc1Nc1ccc(I)cc1Cl. The highest BCUT2D eigenvalue weighted by atomic mass is 127. The van der Waals surface area contributed by atoms with Crippen LogP contribution in [0.25, 0.3) is 5.69 Å². The summed E-state index contributed by atoms with van der Waals surface area (Å²) < 4.78 is 2.52. The van der Waals surface area contributed by atoms with Gasteiger partial charge in [0.15, 0.2) is 0 Å². The number of nitrogens with one attached hydrogen (secondary N) is 2. The lowest BCUT2D eigenvalue weighted by atomic mass is 10.1. The van der Waals surface area contributed by atoms with Crippen LogP contribution in [-0.4, -0.2) is 22.0 Å². The molecule has 0 atom stereocenters. The van der Waals surface area contributed by atoms with Gasteiger partial charge in [0.25, 0.3) is 11.6 Å². The number of benzene rings is 2. The molecule has 4 rings (SSSR count). The van der Waals surface area contributed by atoms with Crippen molar-refractivity contribution in [2.45, 2.75) is 12.8 Å². The maximum atomic E-state index is 12.9. The number of halogens is 2. The molecule has 1 saturated carbocycles. The summed E-state index contributed by atoms with van der Waals surface area (Å²) in [5.74, 6) is -0.0381. The molecule has 0 spiro atoms. The zero-order valence-electron chi connectivity index (χ0n) is 16.2. The third-order valence-corrected chi connectivity index (χ3v) is 5.80. The number of amides is 1. The minimum atomic E-state index is -0.506. The highest BCUT2D eigenvalue weighted by Crippen LogP contribution is 2.34. The molecule has 0 aliphatic heterocycles. The van der Waals surface area contributed by atoms with Crippen molar-refractivity contribution < 1.29 is 14.6 Å². The predicted octanol–water partition coefficient (Wildman–Crippen LogP) is 5.46. The van der Waals surface area contributed by atoms with Gasteiger partial charge in [0.05, 0.1) is 33.5 Å². The summed E-state index contributed by atoms with van der Waals surface area (Å²) in [5, 5.41) is 15.3. The van der Waals surface area contributed by atoms with Gasteiger partial charge in [0.2, 0.25) is 0 Å². The highest BCUT2D eigenvalue weighted by Gasteiger charge is 2.25. The zero-order chi connectivity index (χ0) is 22.0. The van der Waals surface area contributed by atoms with E-state index in [0.717, 1.165) is 16.4 Å². The summed E-state index contributed by atoms with van der Waals surface area (Å²) in [6, 6.07) is 11.7. The van der Waals surface area contributed by atoms with E-state index in [1.54, 1.807) is 41.2 Å². The first kappa shape index (κ1) is 21.6.